The highest BCUT2D eigenvalue weighted by atomic mass is 35.5. The first-order valence-electron chi connectivity index (χ1n) is 22.4. The molecule has 0 saturated carbocycles. The predicted octanol–water partition coefficient (Wildman–Crippen LogP) is 12.7. The summed E-state index contributed by atoms with van der Waals surface area (Å²) in [6.07, 6.45) is 2.57. The van der Waals surface area contributed by atoms with Gasteiger partial charge in [-0.3, -0.25) is 0 Å². The van der Waals surface area contributed by atoms with Crippen LogP contribution in [0.15, 0.2) is 146 Å². The first-order chi connectivity index (χ1) is 33.8. The Balaban J connectivity index is 0.000000261. The molecule has 0 fully saturated rings. The van der Waals surface area contributed by atoms with Crippen LogP contribution in [0.4, 0.5) is 0 Å². The normalized spacial score (nSPS) is 11.2. The molecule has 0 bridgehead atoms. The van der Waals surface area contributed by atoms with E-state index in [4.69, 9.17) is 65.4 Å². The predicted molar refractivity (Wildman–Crippen MR) is 282 cm³/mol. The van der Waals surface area contributed by atoms with Gasteiger partial charge in [0.1, 0.15) is 23.7 Å². The van der Waals surface area contributed by atoms with E-state index in [0.717, 1.165) is 52.2 Å². The molecule has 6 aromatic rings. The Morgan fingerprint density at radius 3 is 1.20 bits per heavy atom. The number of rotatable bonds is 26. The van der Waals surface area contributed by atoms with Crippen LogP contribution >= 0.6 is 58.2 Å². The van der Waals surface area contributed by atoms with Crippen LogP contribution in [0.5, 0.6) is 11.5 Å². The van der Waals surface area contributed by atoms with Gasteiger partial charge in [-0.2, -0.15) is 11.8 Å². The maximum absolute atomic E-state index is 12.6. The number of benzene rings is 6. The van der Waals surface area contributed by atoms with Crippen LogP contribution in [0.25, 0.3) is 0 Å². The van der Waals surface area contributed by atoms with Gasteiger partial charge >= 0.3 is 11.9 Å². The molecule has 0 aliphatic rings. The van der Waals surface area contributed by atoms with Crippen LogP contribution in [-0.2, 0) is 51.2 Å². The molecular formula is C54H56Cl4O10S2. The number of halogens is 4. The summed E-state index contributed by atoms with van der Waals surface area (Å²) in [6, 6.07) is 45.1. The van der Waals surface area contributed by atoms with Crippen molar-refractivity contribution in [3.05, 3.63) is 199 Å². The molecule has 6 aromatic carbocycles. The van der Waals surface area contributed by atoms with Gasteiger partial charge < -0.3 is 28.4 Å². The van der Waals surface area contributed by atoms with Crippen LogP contribution in [0.1, 0.15) is 58.4 Å². The number of methoxy groups -OCH3 is 2. The maximum atomic E-state index is 12.6. The third-order valence-electron chi connectivity index (χ3n) is 10.6. The minimum absolute atomic E-state index is 0.0590. The van der Waals surface area contributed by atoms with E-state index in [1.165, 1.54) is 19.8 Å². The van der Waals surface area contributed by atoms with Gasteiger partial charge in [0.2, 0.25) is 0 Å². The highest BCUT2D eigenvalue weighted by Gasteiger charge is 2.19. The summed E-state index contributed by atoms with van der Waals surface area (Å²) in [5, 5.41) is 2.63. The molecule has 0 amide bonds. The van der Waals surface area contributed by atoms with Crippen molar-refractivity contribution >= 4 is 79.9 Å². The van der Waals surface area contributed by atoms with Crippen LogP contribution in [0, 0.1) is 0 Å². The number of carbonyl (C=O) groups is 2. The molecule has 6 rings (SSSR count). The minimum Gasteiger partial charge on any atom is -0.482 e. The number of hydrogen-bond acceptors (Lipinski definition) is 11. The summed E-state index contributed by atoms with van der Waals surface area (Å²) in [6.45, 7) is 0.468. The van der Waals surface area contributed by atoms with Crippen molar-refractivity contribution in [3.63, 3.8) is 0 Å². The lowest BCUT2D eigenvalue weighted by atomic mass is 10.0. The Morgan fingerprint density at radius 1 is 0.471 bits per heavy atom. The summed E-state index contributed by atoms with van der Waals surface area (Å²) < 4.78 is 57.3. The van der Waals surface area contributed by atoms with Crippen molar-refractivity contribution in [2.45, 2.75) is 37.9 Å². The number of thioether (sulfide) groups is 1. The summed E-state index contributed by atoms with van der Waals surface area (Å²) in [4.78, 5) is 22.3. The first-order valence-corrected chi connectivity index (χ1v) is 26.9. The smallest absolute Gasteiger partial charge is 0.343 e. The van der Waals surface area contributed by atoms with Crippen molar-refractivity contribution < 1.29 is 46.4 Å². The van der Waals surface area contributed by atoms with Crippen LogP contribution in [0.2, 0.25) is 20.1 Å². The molecule has 0 radical (unpaired) electrons. The van der Waals surface area contributed by atoms with Gasteiger partial charge in [0.25, 0.3) is 0 Å². The van der Waals surface area contributed by atoms with E-state index < -0.39 is 27.9 Å². The van der Waals surface area contributed by atoms with E-state index in [1.807, 2.05) is 121 Å². The Bertz CT molecular complexity index is 2490. The van der Waals surface area contributed by atoms with Gasteiger partial charge in [-0.05, 0) is 138 Å². The molecular weight excluding hydrogens is 1010 g/mol. The topological polar surface area (TPSA) is 124 Å². The molecule has 372 valence electrons. The monoisotopic (exact) mass is 1070 g/mol. The van der Waals surface area contributed by atoms with Gasteiger partial charge in [-0.25, -0.2) is 18.0 Å². The zero-order chi connectivity index (χ0) is 50.1. The number of aryl methyl sites for hydroxylation is 2. The molecule has 0 atom stereocenters. The van der Waals surface area contributed by atoms with E-state index in [2.05, 4.69) is 9.47 Å². The number of ether oxygens (including phenoxy) is 6. The van der Waals surface area contributed by atoms with E-state index in [0.29, 0.717) is 51.0 Å². The highest BCUT2D eigenvalue weighted by Crippen LogP contribution is 2.30. The number of carbonyl (C=O) groups excluding carboxylic acids is 2. The van der Waals surface area contributed by atoms with Gasteiger partial charge in [0.05, 0.1) is 38.9 Å². The number of sulfone groups is 1. The Labute approximate surface area is 435 Å². The van der Waals surface area contributed by atoms with E-state index >= 15 is 0 Å². The molecule has 0 N–H and O–H groups in total. The summed E-state index contributed by atoms with van der Waals surface area (Å²) >= 11 is 26.0. The van der Waals surface area contributed by atoms with E-state index in [9.17, 15) is 18.0 Å². The molecule has 0 aliphatic heterocycles. The molecule has 0 unspecified atom stereocenters. The SMILES string of the molecule is COC(=O)COc1ccc(CCCS(=O)(=O)CCOC(c2ccc(Cl)cc2)c2ccc(Cl)cc2)cc1.COC(=O)COc1ccc(CCCSCCOC(c2ccc(Cl)cc2)c2ccc(Cl)cc2)cc1. The molecule has 0 aliphatic carbocycles. The number of esters is 2. The fraction of sp³-hybridized carbons (Fsp3) is 0.296. The van der Waals surface area contributed by atoms with Gasteiger partial charge in [-0.15, -0.1) is 0 Å². The minimum atomic E-state index is -3.30. The molecule has 10 nitrogen and oxygen atoms in total. The molecule has 0 saturated heterocycles. The van der Waals surface area contributed by atoms with Crippen LogP contribution in [-0.4, -0.2) is 84.0 Å². The fourth-order valence-corrected chi connectivity index (χ4v) is 9.23. The molecule has 16 heteroatoms. The lowest BCUT2D eigenvalue weighted by Gasteiger charge is -2.19. The van der Waals surface area contributed by atoms with Gasteiger partial charge in [0.15, 0.2) is 23.1 Å². The van der Waals surface area contributed by atoms with E-state index in [-0.39, 0.29) is 37.4 Å². The van der Waals surface area contributed by atoms with Crippen LogP contribution in [0.3, 0.4) is 0 Å². The van der Waals surface area contributed by atoms with Crippen LogP contribution < -0.4 is 9.47 Å². The standard InChI is InChI=1S/C27H28Cl2O6S.C27H28Cl2O4S/c1-33-26(30)19-35-25-14-4-20(5-15-25)3-2-17-36(31,32)18-16-34-27(21-6-10-23(28)11-7-21)22-8-12-24(29)13-9-22;1-31-26(30)19-33-25-14-4-20(5-15-25)3-2-17-34-18-16-32-27(21-6-10-23(28)11-7-21)22-8-12-24(29)13-9-22/h4-15,27H,2-3,16-19H2,1H3;4-15,27H,2-3,16-19H2,1H3. The third kappa shape index (κ3) is 20.5. The fourth-order valence-electron chi connectivity index (χ4n) is 6.82. The summed E-state index contributed by atoms with van der Waals surface area (Å²) in [5.74, 6) is 2.31. The maximum Gasteiger partial charge on any atom is 0.343 e. The summed E-state index contributed by atoms with van der Waals surface area (Å²) in [7, 11) is -0.656. The average Bonchev–Trinajstić information content (AvgIpc) is 3.37. The quantitative estimate of drug-likeness (QED) is 0.0381. The zero-order valence-corrected chi connectivity index (χ0v) is 43.6. The lowest BCUT2D eigenvalue weighted by molar-refractivity contribution is -0.143. The van der Waals surface area contributed by atoms with Crippen molar-refractivity contribution in [3.8, 4) is 11.5 Å². The highest BCUT2D eigenvalue weighted by molar-refractivity contribution is 7.99. The molecule has 70 heavy (non-hydrogen) atoms. The Morgan fingerprint density at radius 2 is 0.829 bits per heavy atom. The van der Waals surface area contributed by atoms with E-state index in [1.54, 1.807) is 36.4 Å². The molecule has 0 spiro atoms. The van der Waals surface area contributed by atoms with Crippen molar-refractivity contribution in [2.24, 2.45) is 0 Å². The Hall–Kier alpha value is -4.76. The van der Waals surface area contributed by atoms with Gasteiger partial charge in [0, 0.05) is 25.8 Å². The first kappa shape index (κ1) is 56.2. The Kier molecular flexibility index (Phi) is 24.2. The van der Waals surface area contributed by atoms with Crippen molar-refractivity contribution in [2.75, 3.05) is 63.7 Å². The largest absolute Gasteiger partial charge is 0.482 e. The second-order valence-corrected chi connectivity index (χ2v) is 21.0. The van der Waals surface area contributed by atoms with Gasteiger partial charge in [-0.1, -0.05) is 119 Å². The second-order valence-electron chi connectivity index (χ2n) is 15.7. The molecule has 0 aromatic heterocycles. The van der Waals surface area contributed by atoms with Crippen molar-refractivity contribution in [1.29, 1.82) is 0 Å². The zero-order valence-electron chi connectivity index (χ0n) is 38.9. The number of hydrogen-bond donors (Lipinski definition) is 0. The lowest BCUT2D eigenvalue weighted by Crippen LogP contribution is -2.18. The average molecular weight is 1070 g/mol. The molecule has 0 heterocycles. The second kappa shape index (κ2) is 30.2. The third-order valence-corrected chi connectivity index (χ3v) is 14.3. The summed E-state index contributed by atoms with van der Waals surface area (Å²) in [5.41, 5.74) is 6.10. The van der Waals surface area contributed by atoms with Crippen molar-refractivity contribution in [1.82, 2.24) is 0 Å².